The Kier molecular flexibility index (Phi) is 4.80. The van der Waals surface area contributed by atoms with E-state index in [2.05, 4.69) is 0 Å². The van der Waals surface area contributed by atoms with Gasteiger partial charge in [0.15, 0.2) is 0 Å². The molecule has 1 aromatic carbocycles. The van der Waals surface area contributed by atoms with E-state index in [9.17, 15) is 8.42 Å². The minimum Gasteiger partial charge on any atom is -0.380 e. The van der Waals surface area contributed by atoms with Crippen LogP contribution in [0.15, 0.2) is 29.2 Å². The summed E-state index contributed by atoms with van der Waals surface area (Å²) in [6, 6.07) is 6.89. The molecule has 0 aliphatic carbocycles. The number of hydrogen-bond acceptors (Lipinski definition) is 4. The van der Waals surface area contributed by atoms with E-state index in [0.717, 1.165) is 5.56 Å². The Morgan fingerprint density at radius 2 is 1.95 bits per heavy atom. The Labute approximate surface area is 120 Å². The monoisotopic (exact) mass is 299 g/mol. The molecule has 0 aromatic heterocycles. The van der Waals surface area contributed by atoms with Gasteiger partial charge in [0.05, 0.1) is 23.7 Å². The predicted molar refractivity (Wildman–Crippen MR) is 75.9 cm³/mol. The van der Waals surface area contributed by atoms with Crippen molar-refractivity contribution in [1.29, 1.82) is 0 Å². The van der Waals surface area contributed by atoms with E-state index in [1.165, 1.54) is 4.31 Å². The summed E-state index contributed by atoms with van der Waals surface area (Å²) in [5.41, 5.74) is 0.850. The summed E-state index contributed by atoms with van der Waals surface area (Å²) in [6.07, 6.45) is -0.175. The summed E-state index contributed by atoms with van der Waals surface area (Å²) in [6.45, 7) is 4.96. The van der Waals surface area contributed by atoms with Crippen LogP contribution in [0.25, 0.3) is 0 Å². The fraction of sp³-hybridized carbons (Fsp3) is 0.571. The largest absolute Gasteiger partial charge is 0.380 e. The lowest BCUT2D eigenvalue weighted by Crippen LogP contribution is -2.48. The third kappa shape index (κ3) is 3.38. The van der Waals surface area contributed by atoms with Gasteiger partial charge in [0.25, 0.3) is 0 Å². The highest BCUT2D eigenvalue weighted by atomic mass is 32.2. The molecule has 1 aliphatic rings. The third-order valence-electron chi connectivity index (χ3n) is 3.23. The van der Waals surface area contributed by atoms with Crippen LogP contribution in [-0.2, 0) is 26.1 Å². The molecule has 1 fully saturated rings. The molecule has 1 aromatic rings. The van der Waals surface area contributed by atoms with Gasteiger partial charge in [-0.05, 0) is 31.5 Å². The number of sulfonamides is 1. The molecule has 1 saturated heterocycles. The molecule has 1 aliphatic heterocycles. The Balaban J connectivity index is 2.27. The molecule has 0 N–H and O–H groups in total. The first kappa shape index (κ1) is 15.4. The highest BCUT2D eigenvalue weighted by Crippen LogP contribution is 2.22. The number of morpholine rings is 1. The molecular weight excluding hydrogens is 278 g/mol. The van der Waals surface area contributed by atoms with Gasteiger partial charge in [-0.15, -0.1) is 0 Å². The Bertz CT molecular complexity index is 548. The molecule has 0 amide bonds. The molecule has 2 unspecified atom stereocenters. The molecule has 0 radical (unpaired) electrons. The van der Waals surface area contributed by atoms with E-state index in [1.54, 1.807) is 25.3 Å². The van der Waals surface area contributed by atoms with E-state index >= 15 is 0 Å². The predicted octanol–water partition coefficient (Wildman–Crippen LogP) is 1.63. The molecule has 0 spiro atoms. The molecule has 20 heavy (non-hydrogen) atoms. The molecule has 112 valence electrons. The van der Waals surface area contributed by atoms with E-state index in [1.807, 2.05) is 19.9 Å². The zero-order valence-electron chi connectivity index (χ0n) is 12.1. The molecule has 1 heterocycles. The fourth-order valence-electron chi connectivity index (χ4n) is 2.44. The van der Waals surface area contributed by atoms with Crippen molar-refractivity contribution in [3.63, 3.8) is 0 Å². The van der Waals surface area contributed by atoms with Crippen molar-refractivity contribution >= 4 is 10.0 Å². The second-order valence-corrected chi connectivity index (χ2v) is 7.10. The van der Waals surface area contributed by atoms with Gasteiger partial charge in [0.2, 0.25) is 10.0 Å². The van der Waals surface area contributed by atoms with Crippen LogP contribution in [0.2, 0.25) is 0 Å². The van der Waals surface area contributed by atoms with Gasteiger partial charge in [-0.1, -0.05) is 12.1 Å². The number of nitrogens with zero attached hydrogens (tertiary/aromatic N) is 1. The van der Waals surface area contributed by atoms with E-state index < -0.39 is 10.0 Å². The summed E-state index contributed by atoms with van der Waals surface area (Å²) in [4.78, 5) is 0.313. The SMILES string of the molecule is COCc1cccc(S(=O)(=O)N2CC(C)OC(C)C2)c1. The normalized spacial score (nSPS) is 24.8. The van der Waals surface area contributed by atoms with Crippen LogP contribution >= 0.6 is 0 Å². The van der Waals surface area contributed by atoms with Gasteiger partial charge in [-0.2, -0.15) is 4.31 Å². The highest BCUT2D eigenvalue weighted by molar-refractivity contribution is 7.89. The second kappa shape index (κ2) is 6.22. The van der Waals surface area contributed by atoms with Crippen LogP contribution in [0.1, 0.15) is 19.4 Å². The standard InChI is InChI=1S/C14H21NO4S/c1-11-8-15(9-12(2)19-11)20(16,17)14-6-4-5-13(7-14)10-18-3/h4-7,11-12H,8-10H2,1-3H3. The van der Waals surface area contributed by atoms with Crippen molar-refractivity contribution in [3.8, 4) is 0 Å². The topological polar surface area (TPSA) is 55.8 Å². The minimum absolute atomic E-state index is 0.0873. The van der Waals surface area contributed by atoms with Crippen molar-refractivity contribution in [3.05, 3.63) is 29.8 Å². The first-order valence-corrected chi connectivity index (χ1v) is 8.11. The second-order valence-electron chi connectivity index (χ2n) is 5.16. The first-order valence-electron chi connectivity index (χ1n) is 6.67. The van der Waals surface area contributed by atoms with Crippen molar-refractivity contribution in [2.75, 3.05) is 20.2 Å². The first-order chi connectivity index (χ1) is 9.43. The lowest BCUT2D eigenvalue weighted by molar-refractivity contribution is -0.0440. The summed E-state index contributed by atoms with van der Waals surface area (Å²) in [5, 5.41) is 0. The zero-order chi connectivity index (χ0) is 14.8. The number of benzene rings is 1. The van der Waals surface area contributed by atoms with Gasteiger partial charge in [-0.25, -0.2) is 8.42 Å². The van der Waals surface area contributed by atoms with Gasteiger partial charge < -0.3 is 9.47 Å². The van der Waals surface area contributed by atoms with Crippen molar-refractivity contribution in [2.24, 2.45) is 0 Å². The molecule has 2 atom stereocenters. The summed E-state index contributed by atoms with van der Waals surface area (Å²) in [7, 11) is -1.88. The van der Waals surface area contributed by atoms with E-state index in [4.69, 9.17) is 9.47 Å². The summed E-state index contributed by atoms with van der Waals surface area (Å²) < 4.78 is 37.5. The quantitative estimate of drug-likeness (QED) is 0.848. The van der Waals surface area contributed by atoms with Gasteiger partial charge >= 0.3 is 0 Å². The molecule has 0 saturated carbocycles. The molecule has 2 rings (SSSR count). The maximum Gasteiger partial charge on any atom is 0.243 e. The Morgan fingerprint density at radius 3 is 2.55 bits per heavy atom. The van der Waals surface area contributed by atoms with Crippen LogP contribution < -0.4 is 0 Å². The van der Waals surface area contributed by atoms with E-state index in [0.29, 0.717) is 24.6 Å². The average molecular weight is 299 g/mol. The van der Waals surface area contributed by atoms with Gasteiger partial charge in [-0.3, -0.25) is 0 Å². The summed E-state index contributed by atoms with van der Waals surface area (Å²) >= 11 is 0. The lowest BCUT2D eigenvalue weighted by Gasteiger charge is -2.34. The average Bonchev–Trinajstić information content (AvgIpc) is 2.38. The molecule has 0 bridgehead atoms. The van der Waals surface area contributed by atoms with Crippen LogP contribution in [0.5, 0.6) is 0 Å². The summed E-state index contributed by atoms with van der Waals surface area (Å²) in [5.74, 6) is 0. The van der Waals surface area contributed by atoms with Gasteiger partial charge in [0.1, 0.15) is 0 Å². The Morgan fingerprint density at radius 1 is 1.30 bits per heavy atom. The van der Waals surface area contributed by atoms with Crippen LogP contribution in [0.4, 0.5) is 0 Å². The van der Waals surface area contributed by atoms with Crippen LogP contribution in [-0.4, -0.2) is 45.1 Å². The maximum atomic E-state index is 12.7. The zero-order valence-corrected chi connectivity index (χ0v) is 12.9. The third-order valence-corrected chi connectivity index (χ3v) is 5.06. The van der Waals surface area contributed by atoms with Crippen LogP contribution in [0.3, 0.4) is 0 Å². The van der Waals surface area contributed by atoms with Crippen molar-refractivity contribution in [1.82, 2.24) is 4.31 Å². The number of rotatable bonds is 4. The van der Waals surface area contributed by atoms with Crippen molar-refractivity contribution in [2.45, 2.75) is 37.6 Å². The number of hydrogen-bond donors (Lipinski definition) is 0. The fourth-order valence-corrected chi connectivity index (χ4v) is 4.10. The smallest absolute Gasteiger partial charge is 0.243 e. The molecule has 6 heteroatoms. The lowest BCUT2D eigenvalue weighted by atomic mass is 10.2. The number of ether oxygens (including phenoxy) is 2. The van der Waals surface area contributed by atoms with E-state index in [-0.39, 0.29) is 12.2 Å². The maximum absolute atomic E-state index is 12.7. The van der Waals surface area contributed by atoms with Crippen LogP contribution in [0, 0.1) is 0 Å². The molecular formula is C14H21NO4S. The highest BCUT2D eigenvalue weighted by Gasteiger charge is 2.32. The van der Waals surface area contributed by atoms with Gasteiger partial charge in [0, 0.05) is 20.2 Å². The van der Waals surface area contributed by atoms with Crippen molar-refractivity contribution < 1.29 is 17.9 Å². The molecule has 5 nitrogen and oxygen atoms in total. The number of methoxy groups -OCH3 is 1. The Hall–Kier alpha value is -0.950. The minimum atomic E-state index is -3.47.